The molecule has 0 aliphatic carbocycles. The van der Waals surface area contributed by atoms with Gasteiger partial charge in [0.15, 0.2) is 0 Å². The number of amides is 1. The lowest BCUT2D eigenvalue weighted by Gasteiger charge is -2.20. The first-order chi connectivity index (χ1) is 13.0. The van der Waals surface area contributed by atoms with Gasteiger partial charge in [0.2, 0.25) is 10.0 Å². The maximum Gasteiger partial charge on any atom is 0.257 e. The number of halogens is 1. The summed E-state index contributed by atoms with van der Waals surface area (Å²) in [6, 6.07) is 11.7. The van der Waals surface area contributed by atoms with Crippen LogP contribution >= 0.6 is 11.6 Å². The molecule has 28 heavy (non-hydrogen) atoms. The highest BCUT2D eigenvalue weighted by Crippen LogP contribution is 2.26. The summed E-state index contributed by atoms with van der Waals surface area (Å²) in [4.78, 5) is 12.8. The fourth-order valence-corrected chi connectivity index (χ4v) is 4.49. The van der Waals surface area contributed by atoms with Gasteiger partial charge >= 0.3 is 0 Å². The zero-order chi connectivity index (χ0) is 21.1. The van der Waals surface area contributed by atoms with E-state index in [-0.39, 0.29) is 20.9 Å². The van der Waals surface area contributed by atoms with E-state index in [9.17, 15) is 13.2 Å². The van der Waals surface area contributed by atoms with Crippen molar-refractivity contribution in [3.05, 3.63) is 58.6 Å². The fraction of sp³-hybridized carbons (Fsp3) is 0.381. The van der Waals surface area contributed by atoms with Crippen molar-refractivity contribution in [2.75, 3.05) is 18.4 Å². The van der Waals surface area contributed by atoms with E-state index >= 15 is 0 Å². The van der Waals surface area contributed by atoms with E-state index in [1.165, 1.54) is 22.5 Å². The Morgan fingerprint density at radius 2 is 1.61 bits per heavy atom. The Labute approximate surface area is 172 Å². The Morgan fingerprint density at radius 1 is 1.04 bits per heavy atom. The van der Waals surface area contributed by atoms with Gasteiger partial charge in [0, 0.05) is 18.8 Å². The number of rotatable bonds is 6. The van der Waals surface area contributed by atoms with Gasteiger partial charge in [-0.2, -0.15) is 4.31 Å². The van der Waals surface area contributed by atoms with Gasteiger partial charge in [-0.25, -0.2) is 8.42 Å². The molecule has 1 N–H and O–H groups in total. The number of benzene rings is 2. The van der Waals surface area contributed by atoms with Crippen LogP contribution < -0.4 is 5.32 Å². The van der Waals surface area contributed by atoms with Gasteiger partial charge in [-0.05, 0) is 41.3 Å². The lowest BCUT2D eigenvalue weighted by Crippen LogP contribution is -2.30. The third-order valence-electron chi connectivity index (χ3n) is 4.53. The van der Waals surface area contributed by atoms with E-state index in [4.69, 9.17) is 11.6 Å². The standard InChI is InChI=1S/C21H27ClN2O3S/c1-6-24(7-2)28(26,27)17-12-13-19(22)18(14-17)20(25)23-16-10-8-15(9-11-16)21(3,4)5/h8-14H,6-7H2,1-5H3,(H,23,25). The molecular formula is C21H27ClN2O3S. The first-order valence-corrected chi connectivity index (χ1v) is 11.0. The number of nitrogens with one attached hydrogen (secondary N) is 1. The van der Waals surface area contributed by atoms with Crippen LogP contribution in [0.2, 0.25) is 5.02 Å². The molecule has 5 nitrogen and oxygen atoms in total. The topological polar surface area (TPSA) is 66.5 Å². The molecule has 0 aliphatic rings. The third kappa shape index (κ3) is 4.93. The van der Waals surface area contributed by atoms with E-state index < -0.39 is 15.9 Å². The number of nitrogens with zero attached hydrogens (tertiary/aromatic N) is 1. The van der Waals surface area contributed by atoms with Gasteiger partial charge in [0.05, 0.1) is 15.5 Å². The molecule has 0 unspecified atom stereocenters. The number of anilines is 1. The van der Waals surface area contributed by atoms with Crippen LogP contribution in [0, 0.1) is 0 Å². The summed E-state index contributed by atoms with van der Waals surface area (Å²) in [6.45, 7) is 10.6. The zero-order valence-electron chi connectivity index (χ0n) is 16.9. The molecule has 0 aliphatic heterocycles. The largest absolute Gasteiger partial charge is 0.322 e. The minimum absolute atomic E-state index is 0.0129. The highest BCUT2D eigenvalue weighted by Gasteiger charge is 2.24. The lowest BCUT2D eigenvalue weighted by atomic mass is 9.87. The maximum absolute atomic E-state index is 12.7. The molecule has 0 fully saturated rings. The van der Waals surface area contributed by atoms with Crippen molar-refractivity contribution in [3.8, 4) is 0 Å². The Bertz CT molecular complexity index is 945. The Balaban J connectivity index is 2.31. The SMILES string of the molecule is CCN(CC)S(=O)(=O)c1ccc(Cl)c(C(=O)Nc2ccc(C(C)(C)C)cc2)c1. The number of carbonyl (C=O) groups is 1. The minimum atomic E-state index is -3.67. The van der Waals surface area contributed by atoms with Crippen molar-refractivity contribution in [3.63, 3.8) is 0 Å². The number of carbonyl (C=O) groups excluding carboxylic acids is 1. The molecule has 152 valence electrons. The van der Waals surface area contributed by atoms with Crippen LogP contribution in [-0.4, -0.2) is 31.7 Å². The molecule has 2 aromatic carbocycles. The zero-order valence-corrected chi connectivity index (χ0v) is 18.5. The Morgan fingerprint density at radius 3 is 2.11 bits per heavy atom. The number of sulfonamides is 1. The molecule has 0 radical (unpaired) electrons. The predicted molar refractivity (Wildman–Crippen MR) is 115 cm³/mol. The van der Waals surface area contributed by atoms with Crippen LogP contribution in [0.15, 0.2) is 47.4 Å². The highest BCUT2D eigenvalue weighted by molar-refractivity contribution is 7.89. The van der Waals surface area contributed by atoms with E-state index in [2.05, 4.69) is 26.1 Å². The number of hydrogen-bond donors (Lipinski definition) is 1. The Kier molecular flexibility index (Phi) is 6.91. The molecule has 0 spiro atoms. The lowest BCUT2D eigenvalue weighted by molar-refractivity contribution is 0.102. The van der Waals surface area contributed by atoms with Gasteiger partial charge in [-0.1, -0.05) is 58.4 Å². The normalized spacial score (nSPS) is 12.2. The quantitative estimate of drug-likeness (QED) is 0.718. The van der Waals surface area contributed by atoms with Gasteiger partial charge < -0.3 is 5.32 Å². The number of hydrogen-bond acceptors (Lipinski definition) is 3. The van der Waals surface area contributed by atoms with Crippen molar-refractivity contribution in [1.29, 1.82) is 0 Å². The van der Waals surface area contributed by atoms with Crippen molar-refractivity contribution < 1.29 is 13.2 Å². The average molecular weight is 423 g/mol. The highest BCUT2D eigenvalue weighted by atomic mass is 35.5. The average Bonchev–Trinajstić information content (AvgIpc) is 2.62. The molecule has 0 saturated heterocycles. The molecule has 2 aromatic rings. The molecule has 0 saturated carbocycles. The first-order valence-electron chi connectivity index (χ1n) is 9.22. The van der Waals surface area contributed by atoms with Gasteiger partial charge in [0.25, 0.3) is 5.91 Å². The monoisotopic (exact) mass is 422 g/mol. The van der Waals surface area contributed by atoms with Crippen molar-refractivity contribution in [2.24, 2.45) is 0 Å². The third-order valence-corrected chi connectivity index (χ3v) is 6.91. The van der Waals surface area contributed by atoms with E-state index in [0.717, 1.165) is 5.56 Å². The van der Waals surface area contributed by atoms with Gasteiger partial charge in [-0.3, -0.25) is 4.79 Å². The minimum Gasteiger partial charge on any atom is -0.322 e. The fourth-order valence-electron chi connectivity index (χ4n) is 2.80. The second-order valence-electron chi connectivity index (χ2n) is 7.51. The van der Waals surface area contributed by atoms with Crippen LogP contribution in [-0.2, 0) is 15.4 Å². The second kappa shape index (κ2) is 8.64. The summed E-state index contributed by atoms with van der Waals surface area (Å²) in [5.41, 5.74) is 1.90. The van der Waals surface area contributed by atoms with E-state index in [1.807, 2.05) is 24.3 Å². The van der Waals surface area contributed by atoms with E-state index in [0.29, 0.717) is 18.8 Å². The maximum atomic E-state index is 12.7. The van der Waals surface area contributed by atoms with Crippen LogP contribution in [0.25, 0.3) is 0 Å². The molecule has 7 heteroatoms. The summed E-state index contributed by atoms with van der Waals surface area (Å²) in [5, 5.41) is 2.98. The van der Waals surface area contributed by atoms with Crippen LogP contribution in [0.4, 0.5) is 5.69 Å². The molecule has 1 amide bonds. The van der Waals surface area contributed by atoms with Crippen LogP contribution in [0.1, 0.15) is 50.5 Å². The summed E-state index contributed by atoms with van der Waals surface area (Å²) in [5.74, 6) is -0.454. The van der Waals surface area contributed by atoms with E-state index in [1.54, 1.807) is 13.8 Å². The van der Waals surface area contributed by atoms with Gasteiger partial charge in [-0.15, -0.1) is 0 Å². The summed E-state index contributed by atoms with van der Waals surface area (Å²) in [7, 11) is -3.67. The molecule has 0 aromatic heterocycles. The summed E-state index contributed by atoms with van der Waals surface area (Å²) >= 11 is 6.17. The van der Waals surface area contributed by atoms with Crippen molar-refractivity contribution in [2.45, 2.75) is 44.9 Å². The van der Waals surface area contributed by atoms with Gasteiger partial charge in [0.1, 0.15) is 0 Å². The molecular weight excluding hydrogens is 396 g/mol. The molecule has 0 atom stereocenters. The molecule has 2 rings (SSSR count). The second-order valence-corrected chi connectivity index (χ2v) is 9.86. The summed E-state index contributed by atoms with van der Waals surface area (Å²) in [6.07, 6.45) is 0. The summed E-state index contributed by atoms with van der Waals surface area (Å²) < 4.78 is 26.8. The smallest absolute Gasteiger partial charge is 0.257 e. The molecule has 0 bridgehead atoms. The molecule has 0 heterocycles. The Hall–Kier alpha value is -1.89. The first kappa shape index (κ1) is 22.4. The predicted octanol–water partition coefficient (Wildman–Crippen LogP) is 4.92. The van der Waals surface area contributed by atoms with Crippen LogP contribution in [0.3, 0.4) is 0 Å². The van der Waals surface area contributed by atoms with Crippen LogP contribution in [0.5, 0.6) is 0 Å². The van der Waals surface area contributed by atoms with Crippen molar-refractivity contribution in [1.82, 2.24) is 4.31 Å². The van der Waals surface area contributed by atoms with Crippen molar-refractivity contribution >= 4 is 33.2 Å².